The number of benzene rings is 3. The fraction of sp³-hybridized carbons (Fsp3) is 0.0476. The number of nitrogens with zero attached hydrogens (tertiary/aromatic N) is 2. The number of para-hydroxylation sites is 2. The fourth-order valence-corrected chi connectivity index (χ4v) is 5.24. The van der Waals surface area contributed by atoms with Crippen molar-refractivity contribution in [2.24, 2.45) is 0 Å². The molecule has 0 bridgehead atoms. The third-order valence-electron chi connectivity index (χ3n) is 4.90. The minimum atomic E-state index is -3.58. The predicted octanol–water partition coefficient (Wildman–Crippen LogP) is 4.23. The van der Waals surface area contributed by atoms with E-state index in [0.717, 1.165) is 11.1 Å². The average molecular weight is 373 g/mol. The van der Waals surface area contributed by atoms with Gasteiger partial charge in [-0.3, -0.25) is 4.57 Å². The van der Waals surface area contributed by atoms with Gasteiger partial charge in [0.15, 0.2) is 0 Å². The molecule has 0 unspecified atom stereocenters. The first-order valence-corrected chi connectivity index (χ1v) is 9.99. The standard InChI is InChI=1S/C21H15N3O2S/c1-13(22)14-9-11-15(12-10-14)21-23-16-5-4-8-19-20(16)24(21)17-6-2-3-7-18(17)27(19,25)26/h2-12,22H,1H3. The molecule has 0 saturated carbocycles. The van der Waals surface area contributed by atoms with Crippen LogP contribution < -0.4 is 0 Å². The molecule has 132 valence electrons. The van der Waals surface area contributed by atoms with E-state index in [9.17, 15) is 8.42 Å². The summed E-state index contributed by atoms with van der Waals surface area (Å²) in [5.74, 6) is 0.689. The van der Waals surface area contributed by atoms with Gasteiger partial charge in [-0.25, -0.2) is 13.4 Å². The summed E-state index contributed by atoms with van der Waals surface area (Å²) in [4.78, 5) is 5.31. The lowest BCUT2D eigenvalue weighted by Gasteiger charge is -2.20. The van der Waals surface area contributed by atoms with Gasteiger partial charge < -0.3 is 5.41 Å². The van der Waals surface area contributed by atoms with E-state index in [-0.39, 0.29) is 9.79 Å². The van der Waals surface area contributed by atoms with Gasteiger partial charge in [-0.15, -0.1) is 0 Å². The highest BCUT2D eigenvalue weighted by atomic mass is 32.2. The van der Waals surface area contributed by atoms with Crippen LogP contribution in [0.25, 0.3) is 28.1 Å². The van der Waals surface area contributed by atoms with Gasteiger partial charge in [-0.05, 0) is 36.8 Å². The molecule has 4 aromatic rings. The van der Waals surface area contributed by atoms with Crippen molar-refractivity contribution in [2.75, 3.05) is 0 Å². The molecule has 1 aliphatic rings. The predicted molar refractivity (Wildman–Crippen MR) is 104 cm³/mol. The van der Waals surface area contributed by atoms with Gasteiger partial charge in [0.1, 0.15) is 5.82 Å². The Morgan fingerprint density at radius 3 is 2.37 bits per heavy atom. The maximum atomic E-state index is 13.1. The zero-order chi connectivity index (χ0) is 18.8. The number of hydrogen-bond acceptors (Lipinski definition) is 4. The minimum absolute atomic E-state index is 0.282. The van der Waals surface area contributed by atoms with E-state index in [0.29, 0.717) is 28.3 Å². The van der Waals surface area contributed by atoms with Gasteiger partial charge in [-0.2, -0.15) is 0 Å². The Balaban J connectivity index is 1.89. The first kappa shape index (κ1) is 16.0. The molecule has 5 nitrogen and oxygen atoms in total. The Bertz CT molecular complexity index is 1350. The van der Waals surface area contributed by atoms with Crippen molar-refractivity contribution >= 4 is 26.6 Å². The van der Waals surface area contributed by atoms with Gasteiger partial charge in [-0.1, -0.05) is 42.5 Å². The van der Waals surface area contributed by atoms with E-state index in [1.165, 1.54) is 0 Å². The Morgan fingerprint density at radius 2 is 1.63 bits per heavy atom. The summed E-state index contributed by atoms with van der Waals surface area (Å²) in [7, 11) is -3.58. The minimum Gasteiger partial charge on any atom is -0.305 e. The third kappa shape index (κ3) is 2.13. The first-order valence-electron chi connectivity index (χ1n) is 8.50. The van der Waals surface area contributed by atoms with Gasteiger partial charge >= 0.3 is 0 Å². The molecule has 6 heteroatoms. The van der Waals surface area contributed by atoms with Crippen molar-refractivity contribution < 1.29 is 8.42 Å². The van der Waals surface area contributed by atoms with E-state index < -0.39 is 9.84 Å². The Labute approximate surface area is 156 Å². The smallest absolute Gasteiger partial charge is 0.210 e. The highest BCUT2D eigenvalue weighted by Crippen LogP contribution is 2.41. The molecule has 1 aliphatic heterocycles. The quantitative estimate of drug-likeness (QED) is 0.471. The summed E-state index contributed by atoms with van der Waals surface area (Å²) < 4.78 is 28.1. The molecule has 0 fully saturated rings. The van der Waals surface area contributed by atoms with E-state index in [1.54, 1.807) is 31.2 Å². The number of sulfone groups is 1. The van der Waals surface area contributed by atoms with Crippen molar-refractivity contribution in [1.29, 1.82) is 5.41 Å². The molecular formula is C21H15N3O2S. The zero-order valence-electron chi connectivity index (χ0n) is 14.5. The van der Waals surface area contributed by atoms with Gasteiger partial charge in [0.05, 0.1) is 26.5 Å². The summed E-state index contributed by atoms with van der Waals surface area (Å²) in [5.41, 5.74) is 4.08. The van der Waals surface area contributed by atoms with Crippen LogP contribution in [0, 0.1) is 5.41 Å². The fourth-order valence-electron chi connectivity index (χ4n) is 3.60. The van der Waals surface area contributed by atoms with Crippen molar-refractivity contribution in [3.05, 3.63) is 72.3 Å². The number of nitrogens with one attached hydrogen (secondary N) is 1. The summed E-state index contributed by atoms with van der Waals surface area (Å²) in [6.07, 6.45) is 0. The lowest BCUT2D eigenvalue weighted by atomic mass is 10.1. The normalized spacial score (nSPS) is 14.1. The van der Waals surface area contributed by atoms with Crippen LogP contribution >= 0.6 is 0 Å². The number of imidazole rings is 1. The number of rotatable bonds is 2. The van der Waals surface area contributed by atoms with Crippen LogP contribution in [0.1, 0.15) is 12.5 Å². The maximum absolute atomic E-state index is 13.1. The molecule has 3 aromatic carbocycles. The number of fused-ring (bicyclic) bond motifs is 2. The van der Waals surface area contributed by atoms with Gasteiger partial charge in [0.25, 0.3) is 0 Å². The van der Waals surface area contributed by atoms with Crippen LogP contribution in [-0.2, 0) is 9.84 Å². The molecule has 27 heavy (non-hydrogen) atoms. The lowest BCUT2D eigenvalue weighted by molar-refractivity contribution is 0.594. The summed E-state index contributed by atoms with van der Waals surface area (Å²) in [6, 6.07) is 19.8. The van der Waals surface area contributed by atoms with Crippen LogP contribution in [0.2, 0.25) is 0 Å². The second kappa shape index (κ2) is 5.37. The van der Waals surface area contributed by atoms with Crippen LogP contribution in [0.5, 0.6) is 0 Å². The SMILES string of the molecule is CC(=N)c1ccc(-c2nc3cccc4c3n2-c2ccccc2S4(=O)=O)cc1. The Hall–Kier alpha value is -3.25. The molecule has 0 spiro atoms. The van der Waals surface area contributed by atoms with Gasteiger partial charge in [0, 0.05) is 11.3 Å². The van der Waals surface area contributed by atoms with Crippen LogP contribution in [0.15, 0.2) is 76.5 Å². The Kier molecular flexibility index (Phi) is 3.18. The molecule has 0 aliphatic carbocycles. The second-order valence-electron chi connectivity index (χ2n) is 6.57. The molecule has 0 atom stereocenters. The molecule has 0 amide bonds. The highest BCUT2D eigenvalue weighted by molar-refractivity contribution is 7.92. The van der Waals surface area contributed by atoms with Gasteiger partial charge in [0.2, 0.25) is 9.84 Å². The maximum Gasteiger partial charge on any atom is 0.210 e. The number of hydrogen-bond donors (Lipinski definition) is 1. The van der Waals surface area contributed by atoms with Crippen molar-refractivity contribution in [3.8, 4) is 17.1 Å². The topological polar surface area (TPSA) is 75.8 Å². The average Bonchev–Trinajstić information content (AvgIpc) is 3.07. The molecule has 2 heterocycles. The zero-order valence-corrected chi connectivity index (χ0v) is 15.3. The second-order valence-corrected chi connectivity index (χ2v) is 8.45. The van der Waals surface area contributed by atoms with E-state index in [2.05, 4.69) is 0 Å². The molecule has 1 N–H and O–H groups in total. The summed E-state index contributed by atoms with van der Waals surface area (Å²) >= 11 is 0. The first-order chi connectivity index (χ1) is 13.0. The summed E-state index contributed by atoms with van der Waals surface area (Å²) in [5, 5.41) is 7.77. The van der Waals surface area contributed by atoms with Crippen molar-refractivity contribution in [2.45, 2.75) is 16.7 Å². The van der Waals surface area contributed by atoms with E-state index >= 15 is 0 Å². The molecule has 0 radical (unpaired) electrons. The van der Waals surface area contributed by atoms with Crippen LogP contribution in [0.4, 0.5) is 0 Å². The monoisotopic (exact) mass is 373 g/mol. The van der Waals surface area contributed by atoms with Crippen molar-refractivity contribution in [1.82, 2.24) is 9.55 Å². The van der Waals surface area contributed by atoms with E-state index in [1.807, 2.05) is 47.0 Å². The third-order valence-corrected chi connectivity index (χ3v) is 6.73. The molecule has 1 aromatic heterocycles. The lowest BCUT2D eigenvalue weighted by Crippen LogP contribution is -2.14. The van der Waals surface area contributed by atoms with Crippen molar-refractivity contribution in [3.63, 3.8) is 0 Å². The Morgan fingerprint density at radius 1 is 0.926 bits per heavy atom. The highest BCUT2D eigenvalue weighted by Gasteiger charge is 2.33. The van der Waals surface area contributed by atoms with E-state index in [4.69, 9.17) is 10.4 Å². The summed E-state index contributed by atoms with van der Waals surface area (Å²) in [6.45, 7) is 1.75. The molecule has 5 rings (SSSR count). The van der Waals surface area contributed by atoms with Crippen LogP contribution in [0.3, 0.4) is 0 Å². The van der Waals surface area contributed by atoms with Crippen LogP contribution in [-0.4, -0.2) is 23.7 Å². The molecule has 0 saturated heterocycles. The molecular weight excluding hydrogens is 358 g/mol. The largest absolute Gasteiger partial charge is 0.305 e. The number of aromatic nitrogens is 2.